The number of Topliss-reactive ketones (excluding diaryl/α,β-unsaturated/α-hetero) is 1. The highest BCUT2D eigenvalue weighted by Gasteiger charge is 2.87. The molecule has 3 unspecified atom stereocenters. The van der Waals surface area contributed by atoms with Crippen molar-refractivity contribution in [3.8, 4) is 0 Å². The normalized spacial score (nSPS) is 44.4. The summed E-state index contributed by atoms with van der Waals surface area (Å²) >= 11 is 0. The van der Waals surface area contributed by atoms with Crippen LogP contribution in [0.3, 0.4) is 0 Å². The topological polar surface area (TPSA) is 37.3 Å². The smallest absolute Gasteiger partial charge is 0.145 e. The number of ketones is 1. The van der Waals surface area contributed by atoms with Crippen molar-refractivity contribution in [2.45, 2.75) is 58.5 Å². The summed E-state index contributed by atoms with van der Waals surface area (Å²) in [6.07, 6.45) is -0.457. The highest BCUT2D eigenvalue weighted by molar-refractivity contribution is 6.84. The van der Waals surface area contributed by atoms with Gasteiger partial charge in [0.1, 0.15) is 5.78 Å². The maximum Gasteiger partial charge on any atom is 0.145 e. The lowest BCUT2D eigenvalue weighted by Gasteiger charge is -2.35. The quantitative estimate of drug-likeness (QED) is 0.716. The third-order valence-corrected chi connectivity index (χ3v) is 8.91. The van der Waals surface area contributed by atoms with Crippen molar-refractivity contribution in [1.29, 1.82) is 0 Å². The van der Waals surface area contributed by atoms with Crippen LogP contribution in [0.25, 0.3) is 0 Å². The van der Waals surface area contributed by atoms with Crippen molar-refractivity contribution in [1.82, 2.24) is 0 Å². The van der Waals surface area contributed by atoms with E-state index in [1.807, 2.05) is 13.8 Å². The minimum atomic E-state index is -1.61. The summed E-state index contributed by atoms with van der Waals surface area (Å²) in [4.78, 5) is 12.7. The molecule has 0 aromatic heterocycles. The minimum Gasteiger partial charge on any atom is -0.392 e. The fourth-order valence-corrected chi connectivity index (χ4v) is 9.17. The Kier molecular flexibility index (Phi) is 2.03. The lowest BCUT2D eigenvalue weighted by atomic mass is 9.79. The van der Waals surface area contributed by atoms with Crippen LogP contribution in [0.2, 0.25) is 24.7 Å². The van der Waals surface area contributed by atoms with Gasteiger partial charge in [0.05, 0.1) is 14.2 Å². The van der Waals surface area contributed by atoms with Gasteiger partial charge in [-0.15, -0.1) is 0 Å². The summed E-state index contributed by atoms with van der Waals surface area (Å²) in [5.41, 5.74) is -0.538. The molecule has 0 aromatic carbocycles. The Morgan fingerprint density at radius 2 is 1.56 bits per heavy atom. The van der Waals surface area contributed by atoms with Gasteiger partial charge in [-0.1, -0.05) is 47.3 Å². The van der Waals surface area contributed by atoms with E-state index in [0.29, 0.717) is 5.78 Å². The number of fused-ring (bicyclic) bond motifs is 1. The Hall–Kier alpha value is -0.153. The van der Waals surface area contributed by atoms with Crippen LogP contribution in [0.1, 0.15) is 27.7 Å². The highest BCUT2D eigenvalue weighted by atomic mass is 28.3. The molecule has 1 N–H and O–H groups in total. The van der Waals surface area contributed by atoms with E-state index in [9.17, 15) is 9.90 Å². The van der Waals surface area contributed by atoms with Gasteiger partial charge in [-0.2, -0.15) is 0 Å². The van der Waals surface area contributed by atoms with Crippen molar-refractivity contribution in [3.05, 3.63) is 0 Å². The van der Waals surface area contributed by atoms with Gasteiger partial charge in [-0.05, 0) is 5.41 Å². The first-order valence-corrected chi connectivity index (χ1v) is 9.66. The molecule has 0 aliphatic heterocycles. The monoisotopic (exact) mass is 240 g/mol. The Bertz CT molecular complexity index is 365. The Morgan fingerprint density at radius 3 is 1.81 bits per heavy atom. The predicted octanol–water partition coefficient (Wildman–Crippen LogP) is 2.69. The molecule has 2 aliphatic rings. The van der Waals surface area contributed by atoms with Crippen LogP contribution >= 0.6 is 0 Å². The van der Waals surface area contributed by atoms with E-state index < -0.39 is 19.6 Å². The number of aliphatic hydroxyl groups excluding tert-OH is 1. The van der Waals surface area contributed by atoms with Crippen LogP contribution in [-0.2, 0) is 4.79 Å². The lowest BCUT2D eigenvalue weighted by molar-refractivity contribution is -0.131. The predicted molar refractivity (Wildman–Crippen MR) is 68.1 cm³/mol. The zero-order chi connectivity index (χ0) is 12.7. The molecule has 0 heterocycles. The third kappa shape index (κ3) is 0.920. The van der Waals surface area contributed by atoms with E-state index in [2.05, 4.69) is 33.5 Å². The molecule has 2 saturated carbocycles. The average Bonchev–Trinajstić information content (AvgIpc) is 2.53. The number of hydrogen-bond donors (Lipinski definition) is 1. The molecule has 0 radical (unpaired) electrons. The first-order chi connectivity index (χ1) is 6.93. The molecule has 2 nitrogen and oxygen atoms in total. The first kappa shape index (κ1) is 12.3. The molecule has 3 heteroatoms. The maximum atomic E-state index is 12.7. The Labute approximate surface area is 99.4 Å². The minimum absolute atomic E-state index is 0.00346. The third-order valence-electron chi connectivity index (χ3n) is 5.36. The zero-order valence-electron chi connectivity index (χ0n) is 11.5. The lowest BCUT2D eigenvalue weighted by Crippen LogP contribution is -2.44. The van der Waals surface area contributed by atoms with Crippen molar-refractivity contribution in [2.24, 2.45) is 16.7 Å². The van der Waals surface area contributed by atoms with E-state index in [-0.39, 0.29) is 16.4 Å². The van der Waals surface area contributed by atoms with Crippen molar-refractivity contribution < 1.29 is 9.90 Å². The summed E-state index contributed by atoms with van der Waals surface area (Å²) in [6, 6.07) is 0. The Morgan fingerprint density at radius 1 is 1.12 bits per heavy atom. The van der Waals surface area contributed by atoms with Crippen molar-refractivity contribution in [2.75, 3.05) is 0 Å². The summed E-state index contributed by atoms with van der Waals surface area (Å²) in [6.45, 7) is 14.9. The molecular weight excluding hydrogens is 216 g/mol. The first-order valence-electron chi connectivity index (χ1n) is 6.16. The summed E-state index contributed by atoms with van der Waals surface area (Å²) in [7, 11) is -1.61. The molecule has 2 aliphatic carbocycles. The number of aliphatic hydroxyl groups is 1. The number of rotatable bonds is 1. The fraction of sp³-hybridized carbons (Fsp3) is 0.923. The zero-order valence-corrected chi connectivity index (χ0v) is 12.5. The molecule has 16 heavy (non-hydrogen) atoms. The Balaban J connectivity index is 2.59. The molecule has 2 rings (SSSR count). The van der Waals surface area contributed by atoms with Crippen LogP contribution in [0.15, 0.2) is 0 Å². The second-order valence-electron chi connectivity index (χ2n) is 7.75. The van der Waals surface area contributed by atoms with Crippen molar-refractivity contribution in [3.63, 3.8) is 0 Å². The van der Waals surface area contributed by atoms with E-state index >= 15 is 0 Å². The van der Waals surface area contributed by atoms with E-state index in [1.54, 1.807) is 0 Å². The van der Waals surface area contributed by atoms with Gasteiger partial charge in [0.15, 0.2) is 0 Å². The second kappa shape index (κ2) is 2.64. The summed E-state index contributed by atoms with van der Waals surface area (Å²) in [5.74, 6) is 0.510. The highest BCUT2D eigenvalue weighted by Crippen LogP contribution is 2.86. The average molecular weight is 240 g/mol. The molecule has 2 fully saturated rings. The van der Waals surface area contributed by atoms with Gasteiger partial charge in [-0.25, -0.2) is 0 Å². The van der Waals surface area contributed by atoms with Crippen molar-refractivity contribution >= 4 is 13.9 Å². The van der Waals surface area contributed by atoms with Crippen LogP contribution in [-0.4, -0.2) is 25.1 Å². The van der Waals surface area contributed by atoms with E-state index in [4.69, 9.17) is 0 Å². The molecule has 0 aromatic rings. The molecule has 0 amide bonds. The van der Waals surface area contributed by atoms with Gasteiger partial charge in [0.2, 0.25) is 0 Å². The van der Waals surface area contributed by atoms with E-state index in [0.717, 1.165) is 0 Å². The van der Waals surface area contributed by atoms with Crippen LogP contribution in [0.4, 0.5) is 0 Å². The number of carbonyl (C=O) groups is 1. The van der Waals surface area contributed by atoms with E-state index in [1.165, 1.54) is 0 Å². The van der Waals surface area contributed by atoms with Gasteiger partial charge < -0.3 is 5.11 Å². The number of hydrogen-bond acceptors (Lipinski definition) is 2. The summed E-state index contributed by atoms with van der Waals surface area (Å²) in [5, 5.41) is 10.2. The number of carbonyl (C=O) groups excluding carboxylic acids is 1. The van der Waals surface area contributed by atoms with Crippen LogP contribution in [0, 0.1) is 16.7 Å². The fourth-order valence-electron chi connectivity index (χ4n) is 4.70. The largest absolute Gasteiger partial charge is 0.392 e. The molecule has 92 valence electrons. The molecule has 0 bridgehead atoms. The maximum absolute atomic E-state index is 12.7. The molecule has 0 saturated heterocycles. The molecular formula is C13H24O2Si. The van der Waals surface area contributed by atoms with Gasteiger partial charge in [0.25, 0.3) is 0 Å². The SMILES string of the molecule is CC1(C)C(=O)C2([Si](C)(C)C)C(C1O)C2(C)C. The second-order valence-corrected chi connectivity index (χ2v) is 13.0. The van der Waals surface area contributed by atoms with Crippen LogP contribution in [0.5, 0.6) is 0 Å². The molecule has 0 spiro atoms. The summed E-state index contributed by atoms with van der Waals surface area (Å²) < 4.78 is 0. The van der Waals surface area contributed by atoms with Crippen LogP contribution < -0.4 is 0 Å². The standard InChI is InChI=1S/C13H24O2Si/c1-11(2)9(14)8-12(3,4)13(8,10(11)15)16(5,6)7/h8-9,14H,1-7H3. The molecule has 3 atom stereocenters. The van der Waals surface area contributed by atoms with Gasteiger partial charge in [0, 0.05) is 16.4 Å². The van der Waals surface area contributed by atoms with Gasteiger partial charge in [-0.3, -0.25) is 4.79 Å². The van der Waals surface area contributed by atoms with Gasteiger partial charge >= 0.3 is 0 Å².